The van der Waals surface area contributed by atoms with Crippen LogP contribution in [0.1, 0.15) is 25.7 Å². The fourth-order valence-electron chi connectivity index (χ4n) is 3.26. The maximum atomic E-state index is 11.8. The molecule has 5 heteroatoms. The Morgan fingerprint density at radius 3 is 2.30 bits per heavy atom. The number of hydrogen-bond acceptors (Lipinski definition) is 4. The number of hydrogen-bond donors (Lipinski definition) is 2. The average Bonchev–Trinajstić information content (AvgIpc) is 3.26. The maximum absolute atomic E-state index is 11.8. The Labute approximate surface area is 122 Å². The van der Waals surface area contributed by atoms with Crippen molar-refractivity contribution in [3.05, 3.63) is 0 Å². The first-order chi connectivity index (χ1) is 9.79. The van der Waals surface area contributed by atoms with E-state index in [1.54, 1.807) is 0 Å². The van der Waals surface area contributed by atoms with E-state index in [9.17, 15) is 4.79 Å². The summed E-state index contributed by atoms with van der Waals surface area (Å²) in [4.78, 5) is 16.7. The summed E-state index contributed by atoms with van der Waals surface area (Å²) in [6.45, 7) is 8.56. The second-order valence-electron chi connectivity index (χ2n) is 6.61. The van der Waals surface area contributed by atoms with Gasteiger partial charge in [-0.05, 0) is 44.7 Å². The first-order valence-corrected chi connectivity index (χ1v) is 8.24. The van der Waals surface area contributed by atoms with Crippen molar-refractivity contribution in [2.75, 3.05) is 52.4 Å². The molecule has 2 heterocycles. The Morgan fingerprint density at radius 1 is 1.00 bits per heavy atom. The quantitative estimate of drug-likeness (QED) is 0.737. The summed E-state index contributed by atoms with van der Waals surface area (Å²) in [5.74, 6) is 1.10. The largest absolute Gasteiger partial charge is 0.352 e. The summed E-state index contributed by atoms with van der Waals surface area (Å²) in [5.41, 5.74) is 0. The van der Waals surface area contributed by atoms with E-state index in [-0.39, 0.29) is 5.91 Å². The molecule has 3 fully saturated rings. The van der Waals surface area contributed by atoms with E-state index in [0.717, 1.165) is 32.1 Å². The molecule has 0 spiro atoms. The van der Waals surface area contributed by atoms with Gasteiger partial charge in [-0.2, -0.15) is 0 Å². The van der Waals surface area contributed by atoms with Gasteiger partial charge < -0.3 is 15.5 Å². The number of nitrogens with zero attached hydrogens (tertiary/aromatic N) is 2. The molecule has 2 N–H and O–H groups in total. The molecule has 1 aliphatic carbocycles. The van der Waals surface area contributed by atoms with Crippen LogP contribution in [0, 0.1) is 5.92 Å². The van der Waals surface area contributed by atoms with Crippen molar-refractivity contribution in [3.8, 4) is 0 Å². The van der Waals surface area contributed by atoms with Gasteiger partial charge in [0.25, 0.3) is 0 Å². The number of piperazine rings is 1. The van der Waals surface area contributed by atoms with Crippen molar-refractivity contribution < 1.29 is 4.79 Å². The molecule has 0 unspecified atom stereocenters. The zero-order chi connectivity index (χ0) is 13.8. The average molecular weight is 280 g/mol. The molecule has 0 aromatic rings. The van der Waals surface area contributed by atoms with E-state index >= 15 is 0 Å². The molecule has 3 rings (SSSR count). The molecule has 20 heavy (non-hydrogen) atoms. The van der Waals surface area contributed by atoms with Gasteiger partial charge in [-0.3, -0.25) is 9.69 Å². The lowest BCUT2D eigenvalue weighted by molar-refractivity contribution is -0.122. The lowest BCUT2D eigenvalue weighted by atomic mass is 9.97. The van der Waals surface area contributed by atoms with Gasteiger partial charge in [-0.25, -0.2) is 0 Å². The van der Waals surface area contributed by atoms with Gasteiger partial charge in [-0.1, -0.05) is 0 Å². The molecule has 0 bridgehead atoms. The number of rotatable bonds is 5. The van der Waals surface area contributed by atoms with Crippen LogP contribution in [0.25, 0.3) is 0 Å². The monoisotopic (exact) mass is 280 g/mol. The fraction of sp³-hybridized carbons (Fsp3) is 0.933. The van der Waals surface area contributed by atoms with Crippen LogP contribution in [0.15, 0.2) is 0 Å². The molecule has 0 atom stereocenters. The van der Waals surface area contributed by atoms with Gasteiger partial charge in [0.05, 0.1) is 6.54 Å². The molecule has 0 radical (unpaired) electrons. The van der Waals surface area contributed by atoms with E-state index in [4.69, 9.17) is 0 Å². The predicted molar refractivity (Wildman–Crippen MR) is 79.6 cm³/mol. The highest BCUT2D eigenvalue weighted by molar-refractivity contribution is 5.78. The molecule has 5 nitrogen and oxygen atoms in total. The van der Waals surface area contributed by atoms with Gasteiger partial charge in [0.1, 0.15) is 0 Å². The lowest BCUT2D eigenvalue weighted by Gasteiger charge is -2.37. The third-order valence-corrected chi connectivity index (χ3v) is 4.75. The van der Waals surface area contributed by atoms with Gasteiger partial charge in [-0.15, -0.1) is 0 Å². The molecule has 0 aromatic carbocycles. The second kappa shape index (κ2) is 6.87. The lowest BCUT2D eigenvalue weighted by Crippen LogP contribution is -2.51. The van der Waals surface area contributed by atoms with E-state index in [2.05, 4.69) is 20.4 Å². The first kappa shape index (κ1) is 14.3. The highest BCUT2D eigenvalue weighted by Crippen LogP contribution is 2.18. The van der Waals surface area contributed by atoms with Crippen LogP contribution < -0.4 is 10.6 Å². The third-order valence-electron chi connectivity index (χ3n) is 4.75. The smallest absolute Gasteiger partial charge is 0.234 e. The SMILES string of the molecule is O=C(CN1CCN(CC2CCNCC2)CC1)NC1CC1. The Bertz CT molecular complexity index is 318. The second-order valence-corrected chi connectivity index (χ2v) is 6.61. The molecular formula is C15H28N4O. The summed E-state index contributed by atoms with van der Waals surface area (Å²) in [6, 6.07) is 0.490. The summed E-state index contributed by atoms with van der Waals surface area (Å²) >= 11 is 0. The van der Waals surface area contributed by atoms with Crippen LogP contribution in [0.2, 0.25) is 0 Å². The zero-order valence-electron chi connectivity index (χ0n) is 12.4. The Hall–Kier alpha value is -0.650. The number of carbonyl (C=O) groups is 1. The molecular weight excluding hydrogens is 252 g/mol. The standard InChI is InChI=1S/C15H28N4O/c20-15(17-14-1-2-14)12-19-9-7-18(8-10-19)11-13-3-5-16-6-4-13/h13-14,16H,1-12H2,(H,17,20). The minimum absolute atomic E-state index is 0.222. The van der Waals surface area contributed by atoms with E-state index in [1.165, 1.54) is 45.3 Å². The number of nitrogens with one attached hydrogen (secondary N) is 2. The van der Waals surface area contributed by atoms with Crippen molar-refractivity contribution in [2.45, 2.75) is 31.7 Å². The van der Waals surface area contributed by atoms with Crippen LogP contribution in [0.5, 0.6) is 0 Å². The predicted octanol–water partition coefficient (Wildman–Crippen LogP) is -0.118. The normalized spacial score (nSPS) is 26.6. The molecule has 114 valence electrons. The van der Waals surface area contributed by atoms with Crippen LogP contribution in [-0.2, 0) is 4.79 Å². The van der Waals surface area contributed by atoms with Crippen molar-refractivity contribution >= 4 is 5.91 Å². The zero-order valence-corrected chi connectivity index (χ0v) is 12.4. The summed E-state index contributed by atoms with van der Waals surface area (Å²) in [6.07, 6.45) is 5.00. The molecule has 0 aromatic heterocycles. The Kier molecular flexibility index (Phi) is 4.91. The maximum Gasteiger partial charge on any atom is 0.234 e. The fourth-order valence-corrected chi connectivity index (χ4v) is 3.26. The van der Waals surface area contributed by atoms with Gasteiger partial charge >= 0.3 is 0 Å². The number of piperidine rings is 1. The van der Waals surface area contributed by atoms with Crippen molar-refractivity contribution in [1.82, 2.24) is 20.4 Å². The Morgan fingerprint density at radius 2 is 1.65 bits per heavy atom. The van der Waals surface area contributed by atoms with Crippen LogP contribution in [0.4, 0.5) is 0 Å². The molecule has 3 aliphatic rings. The first-order valence-electron chi connectivity index (χ1n) is 8.24. The summed E-state index contributed by atoms with van der Waals surface area (Å²) in [7, 11) is 0. The van der Waals surface area contributed by atoms with E-state index in [1.807, 2.05) is 0 Å². The summed E-state index contributed by atoms with van der Waals surface area (Å²) in [5, 5.41) is 6.51. The van der Waals surface area contributed by atoms with Gasteiger partial charge in [0.2, 0.25) is 5.91 Å². The Balaban J connectivity index is 1.32. The minimum Gasteiger partial charge on any atom is -0.352 e. The van der Waals surface area contributed by atoms with Crippen LogP contribution >= 0.6 is 0 Å². The van der Waals surface area contributed by atoms with Crippen LogP contribution in [0.3, 0.4) is 0 Å². The van der Waals surface area contributed by atoms with Gasteiger partial charge in [0.15, 0.2) is 0 Å². The van der Waals surface area contributed by atoms with Crippen molar-refractivity contribution in [2.24, 2.45) is 5.92 Å². The molecule has 2 saturated heterocycles. The number of amides is 1. The topological polar surface area (TPSA) is 47.6 Å². The highest BCUT2D eigenvalue weighted by atomic mass is 16.2. The van der Waals surface area contributed by atoms with E-state index < -0.39 is 0 Å². The van der Waals surface area contributed by atoms with Crippen molar-refractivity contribution in [3.63, 3.8) is 0 Å². The van der Waals surface area contributed by atoms with Crippen molar-refractivity contribution in [1.29, 1.82) is 0 Å². The third kappa shape index (κ3) is 4.43. The minimum atomic E-state index is 0.222. The van der Waals surface area contributed by atoms with Gasteiger partial charge in [0, 0.05) is 38.8 Å². The van der Waals surface area contributed by atoms with E-state index in [0.29, 0.717) is 12.6 Å². The summed E-state index contributed by atoms with van der Waals surface area (Å²) < 4.78 is 0. The molecule has 2 aliphatic heterocycles. The molecule has 1 saturated carbocycles. The number of carbonyl (C=O) groups excluding carboxylic acids is 1. The highest BCUT2D eigenvalue weighted by Gasteiger charge is 2.26. The van der Waals surface area contributed by atoms with Crippen LogP contribution in [-0.4, -0.2) is 74.1 Å². The molecule has 1 amide bonds.